The second-order valence-corrected chi connectivity index (χ2v) is 2.57. The summed E-state index contributed by atoms with van der Waals surface area (Å²) >= 11 is 0. The minimum Gasteiger partial charge on any atom is -0.394 e. The number of hydrogen-bond acceptors (Lipinski definition) is 6. The van der Waals surface area contributed by atoms with Gasteiger partial charge in [-0.05, 0) is 4.53 Å². The summed E-state index contributed by atoms with van der Waals surface area (Å²) in [6.07, 6.45) is -6.79. The molecule has 0 spiro atoms. The van der Waals surface area contributed by atoms with E-state index in [1.807, 2.05) is 0 Å². The van der Waals surface area contributed by atoms with E-state index in [0.29, 0.717) is 0 Å². The molecular formula is C6H13FO6. The van der Waals surface area contributed by atoms with Crippen LogP contribution in [0.2, 0.25) is 0 Å². The van der Waals surface area contributed by atoms with Crippen LogP contribution in [0.15, 0.2) is 0 Å². The van der Waals surface area contributed by atoms with Crippen molar-refractivity contribution < 1.29 is 35.0 Å². The molecule has 80 valence electrons. The van der Waals surface area contributed by atoms with Gasteiger partial charge in [-0.3, -0.25) is 0 Å². The highest BCUT2D eigenvalue weighted by Crippen LogP contribution is 2.05. The summed E-state index contributed by atoms with van der Waals surface area (Å²) in [4.78, 5) is 3.02. The van der Waals surface area contributed by atoms with Crippen LogP contribution in [-0.2, 0) is 4.94 Å². The first-order chi connectivity index (χ1) is 6.04. The largest absolute Gasteiger partial charge is 0.394 e. The smallest absolute Gasteiger partial charge is 0.116 e. The molecule has 0 saturated heterocycles. The molecule has 0 aliphatic heterocycles. The molecule has 0 amide bonds. The molecule has 0 fully saturated rings. The summed E-state index contributed by atoms with van der Waals surface area (Å²) in [6, 6.07) is 0. The first-order valence-electron chi connectivity index (χ1n) is 3.61. The Morgan fingerprint density at radius 1 is 1.00 bits per heavy atom. The van der Waals surface area contributed by atoms with E-state index >= 15 is 0 Å². The molecule has 0 aromatic rings. The van der Waals surface area contributed by atoms with Gasteiger partial charge in [0.2, 0.25) is 0 Å². The Bertz CT molecular complexity index is 134. The Kier molecular flexibility index (Phi) is 6.04. The summed E-state index contributed by atoms with van der Waals surface area (Å²) < 4.78 is 11.2. The molecule has 0 aromatic carbocycles. The van der Waals surface area contributed by atoms with Gasteiger partial charge < -0.3 is 25.5 Å². The van der Waals surface area contributed by atoms with Gasteiger partial charge in [-0.1, -0.05) is 0 Å². The molecule has 0 aliphatic carbocycles. The molecule has 0 radical (unpaired) electrons. The highest BCUT2D eigenvalue weighted by Gasteiger charge is 2.30. The first kappa shape index (κ1) is 12.7. The lowest BCUT2D eigenvalue weighted by Crippen LogP contribution is -2.47. The van der Waals surface area contributed by atoms with E-state index < -0.39 is 37.6 Å². The zero-order valence-electron chi connectivity index (χ0n) is 6.75. The Morgan fingerprint density at radius 2 is 1.46 bits per heavy atom. The van der Waals surface area contributed by atoms with Crippen molar-refractivity contribution in [2.45, 2.75) is 24.4 Å². The van der Waals surface area contributed by atoms with Gasteiger partial charge in [0.15, 0.2) is 0 Å². The van der Waals surface area contributed by atoms with E-state index in [-0.39, 0.29) is 0 Å². The standard InChI is InChI=1S/C6H13FO6/c7-13-2-4(10)6(12)5(11)3(9)1-8/h3-6,8-12H,1-2H2. The van der Waals surface area contributed by atoms with E-state index in [4.69, 9.17) is 25.5 Å². The molecule has 0 bridgehead atoms. The highest BCUT2D eigenvalue weighted by molar-refractivity contribution is 4.79. The average molecular weight is 200 g/mol. The first-order valence-corrected chi connectivity index (χ1v) is 3.61. The second-order valence-electron chi connectivity index (χ2n) is 2.57. The molecule has 0 saturated carbocycles. The van der Waals surface area contributed by atoms with E-state index in [1.165, 1.54) is 0 Å². The van der Waals surface area contributed by atoms with Crippen molar-refractivity contribution in [1.29, 1.82) is 0 Å². The summed E-state index contributed by atoms with van der Waals surface area (Å²) in [5, 5.41) is 44.0. The van der Waals surface area contributed by atoms with Gasteiger partial charge in [0.1, 0.15) is 31.0 Å². The quantitative estimate of drug-likeness (QED) is 0.319. The summed E-state index contributed by atoms with van der Waals surface area (Å²) in [6.45, 7) is -1.60. The van der Waals surface area contributed by atoms with Gasteiger partial charge in [-0.25, -0.2) is 0 Å². The number of hydrogen-bond donors (Lipinski definition) is 5. The van der Waals surface area contributed by atoms with Crippen LogP contribution < -0.4 is 0 Å². The van der Waals surface area contributed by atoms with E-state index in [9.17, 15) is 4.53 Å². The summed E-state index contributed by atoms with van der Waals surface area (Å²) in [5.41, 5.74) is 0. The maximum Gasteiger partial charge on any atom is 0.116 e. The normalized spacial score (nSPS) is 20.8. The van der Waals surface area contributed by atoms with Gasteiger partial charge in [-0.2, -0.15) is 4.94 Å². The lowest BCUT2D eigenvalue weighted by molar-refractivity contribution is -0.189. The zero-order chi connectivity index (χ0) is 10.4. The monoisotopic (exact) mass is 200 g/mol. The third kappa shape index (κ3) is 3.94. The van der Waals surface area contributed by atoms with Crippen molar-refractivity contribution in [3.63, 3.8) is 0 Å². The lowest BCUT2D eigenvalue weighted by Gasteiger charge is -2.24. The third-order valence-electron chi connectivity index (χ3n) is 1.56. The van der Waals surface area contributed by atoms with Gasteiger partial charge >= 0.3 is 0 Å². The Labute approximate surface area is 73.7 Å². The van der Waals surface area contributed by atoms with Crippen molar-refractivity contribution in [1.82, 2.24) is 0 Å². The SMILES string of the molecule is OCC(O)C(O)C(O)C(O)COF. The molecule has 4 unspecified atom stereocenters. The number of aliphatic hydroxyl groups is 5. The Balaban J connectivity index is 3.99. The van der Waals surface area contributed by atoms with Crippen LogP contribution in [0.25, 0.3) is 0 Å². The van der Waals surface area contributed by atoms with Crippen LogP contribution in [0.5, 0.6) is 0 Å². The van der Waals surface area contributed by atoms with Crippen molar-refractivity contribution >= 4 is 0 Å². The van der Waals surface area contributed by atoms with E-state index in [2.05, 4.69) is 4.94 Å². The minimum absolute atomic E-state index is 0.776. The number of halogens is 1. The van der Waals surface area contributed by atoms with Crippen LogP contribution >= 0.6 is 0 Å². The minimum atomic E-state index is -1.78. The van der Waals surface area contributed by atoms with Crippen LogP contribution in [0.3, 0.4) is 0 Å². The molecule has 0 aromatic heterocycles. The molecule has 0 rings (SSSR count). The fraction of sp³-hybridized carbons (Fsp3) is 1.00. The van der Waals surface area contributed by atoms with Gasteiger partial charge in [0.05, 0.1) is 6.61 Å². The predicted molar refractivity (Wildman–Crippen MR) is 38.2 cm³/mol. The van der Waals surface area contributed by atoms with Gasteiger partial charge in [0, 0.05) is 0 Å². The lowest BCUT2D eigenvalue weighted by atomic mass is 10.0. The van der Waals surface area contributed by atoms with Crippen molar-refractivity contribution in [3.8, 4) is 0 Å². The Morgan fingerprint density at radius 3 is 1.85 bits per heavy atom. The van der Waals surface area contributed by atoms with Gasteiger partial charge in [-0.15, -0.1) is 0 Å². The fourth-order valence-corrected chi connectivity index (χ4v) is 0.726. The molecule has 4 atom stereocenters. The van der Waals surface area contributed by atoms with Crippen LogP contribution in [0.1, 0.15) is 0 Å². The van der Waals surface area contributed by atoms with E-state index in [1.54, 1.807) is 0 Å². The zero-order valence-corrected chi connectivity index (χ0v) is 6.75. The molecule has 6 nitrogen and oxygen atoms in total. The molecule has 5 N–H and O–H groups in total. The maximum absolute atomic E-state index is 11.2. The molecule has 13 heavy (non-hydrogen) atoms. The molecule has 0 aliphatic rings. The Hall–Kier alpha value is -0.310. The predicted octanol–water partition coefficient (Wildman–Crippen LogP) is -2.68. The van der Waals surface area contributed by atoms with Crippen LogP contribution in [0.4, 0.5) is 4.53 Å². The highest BCUT2D eigenvalue weighted by atomic mass is 19.3. The summed E-state index contributed by atoms with van der Waals surface area (Å²) in [7, 11) is 0. The number of rotatable bonds is 6. The van der Waals surface area contributed by atoms with Crippen LogP contribution in [-0.4, -0.2) is 63.2 Å². The fourth-order valence-electron chi connectivity index (χ4n) is 0.726. The van der Waals surface area contributed by atoms with Crippen LogP contribution in [0, 0.1) is 0 Å². The van der Waals surface area contributed by atoms with Crippen molar-refractivity contribution in [2.24, 2.45) is 0 Å². The summed E-state index contributed by atoms with van der Waals surface area (Å²) in [5.74, 6) is 0. The number of aliphatic hydroxyl groups excluding tert-OH is 5. The van der Waals surface area contributed by atoms with Gasteiger partial charge in [0.25, 0.3) is 0 Å². The topological polar surface area (TPSA) is 110 Å². The van der Waals surface area contributed by atoms with E-state index in [0.717, 1.165) is 0 Å². The molecular weight excluding hydrogens is 187 g/mol. The van der Waals surface area contributed by atoms with Crippen molar-refractivity contribution in [3.05, 3.63) is 0 Å². The molecule has 0 heterocycles. The average Bonchev–Trinajstić information content (AvgIpc) is 2.14. The third-order valence-corrected chi connectivity index (χ3v) is 1.56. The second kappa shape index (κ2) is 6.19. The van der Waals surface area contributed by atoms with Crippen molar-refractivity contribution in [2.75, 3.05) is 13.2 Å². The maximum atomic E-state index is 11.2. The molecule has 7 heteroatoms.